The predicted molar refractivity (Wildman–Crippen MR) is 124 cm³/mol. The van der Waals surface area contributed by atoms with Crippen LogP contribution in [0.5, 0.6) is 0 Å². The second-order valence-electron chi connectivity index (χ2n) is 8.27. The van der Waals surface area contributed by atoms with Crippen LogP contribution in [-0.2, 0) is 10.0 Å². The average molecular weight is 465 g/mol. The molecule has 1 aliphatic heterocycles. The highest BCUT2D eigenvalue weighted by Gasteiger charge is 2.55. The molecule has 1 saturated heterocycles. The molecule has 3 aromatic rings. The summed E-state index contributed by atoms with van der Waals surface area (Å²) in [5, 5.41) is 12.2. The first-order valence-corrected chi connectivity index (χ1v) is 12.1. The lowest BCUT2D eigenvalue weighted by atomic mass is 9.89. The van der Waals surface area contributed by atoms with Gasteiger partial charge in [0.25, 0.3) is 0 Å². The van der Waals surface area contributed by atoms with E-state index in [4.69, 9.17) is 0 Å². The second kappa shape index (κ2) is 9.25. The number of nitrogens with zero attached hydrogens (tertiary/aromatic N) is 2. The molecule has 3 atom stereocenters. The van der Waals surface area contributed by atoms with Crippen LogP contribution in [0.1, 0.15) is 33.9 Å². The van der Waals surface area contributed by atoms with E-state index in [1.165, 1.54) is 16.4 Å². The van der Waals surface area contributed by atoms with Crippen LogP contribution in [-0.4, -0.2) is 36.0 Å². The van der Waals surface area contributed by atoms with E-state index in [1.54, 1.807) is 72.8 Å². The quantitative estimate of drug-likeness (QED) is 0.295. The molecule has 0 amide bonds. The molecule has 1 heterocycles. The lowest BCUT2D eigenvalue weighted by molar-refractivity contribution is -0.532. The lowest BCUT2D eigenvalue weighted by Gasteiger charge is -2.24. The van der Waals surface area contributed by atoms with Crippen LogP contribution in [0.15, 0.2) is 89.8 Å². The van der Waals surface area contributed by atoms with E-state index >= 15 is 0 Å². The summed E-state index contributed by atoms with van der Waals surface area (Å²) in [7, 11) is -4.03. The van der Waals surface area contributed by atoms with E-state index in [0.717, 1.165) is 5.56 Å². The van der Waals surface area contributed by atoms with Crippen molar-refractivity contribution in [3.63, 3.8) is 0 Å². The molecule has 0 unspecified atom stereocenters. The average Bonchev–Trinajstić information content (AvgIpc) is 3.21. The third-order valence-electron chi connectivity index (χ3n) is 6.09. The van der Waals surface area contributed by atoms with Crippen molar-refractivity contribution in [2.24, 2.45) is 5.92 Å². The number of Topliss-reactive ketones (excluding diaryl/α,β-unsaturated/α-hetero) is 1. The Hall–Kier alpha value is -3.36. The van der Waals surface area contributed by atoms with Gasteiger partial charge in [-0.2, -0.15) is 4.31 Å². The highest BCUT2D eigenvalue weighted by atomic mass is 32.2. The monoisotopic (exact) mass is 464 g/mol. The third-order valence-corrected chi connectivity index (χ3v) is 7.95. The normalized spacial score (nSPS) is 21.1. The molecule has 33 heavy (non-hydrogen) atoms. The minimum atomic E-state index is -4.03. The van der Waals surface area contributed by atoms with Gasteiger partial charge in [0.15, 0.2) is 5.78 Å². The molecule has 0 bridgehead atoms. The van der Waals surface area contributed by atoms with Crippen molar-refractivity contribution in [1.29, 1.82) is 0 Å². The van der Waals surface area contributed by atoms with Crippen molar-refractivity contribution >= 4 is 15.8 Å². The van der Waals surface area contributed by atoms with Crippen LogP contribution in [0.4, 0.5) is 0 Å². The van der Waals surface area contributed by atoms with Gasteiger partial charge < -0.3 is 0 Å². The smallest absolute Gasteiger partial charge is 0.243 e. The highest BCUT2D eigenvalue weighted by molar-refractivity contribution is 7.89. The summed E-state index contributed by atoms with van der Waals surface area (Å²) in [5.41, 5.74) is 1.89. The number of ketones is 1. The van der Waals surface area contributed by atoms with Crippen LogP contribution in [0, 0.1) is 23.0 Å². The molecule has 170 valence electrons. The van der Waals surface area contributed by atoms with Crippen molar-refractivity contribution in [3.05, 3.63) is 112 Å². The number of carbonyl (C=O) groups excluding carboxylic acids is 1. The molecule has 1 fully saturated rings. The molecule has 7 nitrogen and oxygen atoms in total. The largest absolute Gasteiger partial charge is 0.294 e. The number of aryl methyl sites for hydroxylation is 1. The number of benzene rings is 3. The summed E-state index contributed by atoms with van der Waals surface area (Å²) in [6.45, 7) is 1.74. The summed E-state index contributed by atoms with van der Waals surface area (Å²) in [6.07, 6.45) is -0.112. The zero-order valence-corrected chi connectivity index (χ0v) is 18.9. The van der Waals surface area contributed by atoms with Gasteiger partial charge in [-0.3, -0.25) is 14.9 Å². The first-order chi connectivity index (χ1) is 15.8. The van der Waals surface area contributed by atoms with Crippen molar-refractivity contribution in [2.45, 2.75) is 30.3 Å². The maximum atomic E-state index is 13.6. The Morgan fingerprint density at radius 2 is 1.55 bits per heavy atom. The molecule has 0 radical (unpaired) electrons. The Morgan fingerprint density at radius 3 is 2.12 bits per heavy atom. The summed E-state index contributed by atoms with van der Waals surface area (Å²) < 4.78 is 28.4. The second-order valence-corrected chi connectivity index (χ2v) is 10.2. The molecule has 3 aromatic carbocycles. The molecular formula is C25H24N2O5S. The van der Waals surface area contributed by atoms with Gasteiger partial charge in [-0.25, -0.2) is 8.42 Å². The Balaban J connectivity index is 1.76. The van der Waals surface area contributed by atoms with Gasteiger partial charge in [0.05, 0.1) is 4.90 Å². The molecule has 4 rings (SSSR count). The van der Waals surface area contributed by atoms with E-state index in [0.29, 0.717) is 11.1 Å². The number of sulfonamides is 1. The van der Waals surface area contributed by atoms with Crippen molar-refractivity contribution in [2.75, 3.05) is 6.54 Å². The van der Waals surface area contributed by atoms with E-state index in [-0.39, 0.29) is 23.6 Å². The third kappa shape index (κ3) is 4.58. The SMILES string of the molecule is Cc1ccc(S(=O)(=O)N2C[C@H](CC(=O)c3ccccc3)[C@@H]([N+](=O)[O-])[C@@H]2c2ccccc2)cc1. The standard InChI is InChI=1S/C25H24N2O5S/c1-18-12-14-22(15-13-18)33(31,32)26-17-21(16-23(28)19-8-4-2-5-9-19)25(27(29)30)24(26)20-10-6-3-7-11-20/h2-15,21,24-25H,16-17H2,1H3/t21-,24-,25+/m0/s1. The first-order valence-electron chi connectivity index (χ1n) is 10.6. The highest BCUT2D eigenvalue weighted by Crippen LogP contribution is 2.42. The molecule has 0 spiro atoms. The molecule has 0 saturated carbocycles. The van der Waals surface area contributed by atoms with Crippen LogP contribution >= 0.6 is 0 Å². The van der Waals surface area contributed by atoms with Crippen LogP contribution in [0.3, 0.4) is 0 Å². The topological polar surface area (TPSA) is 97.6 Å². The van der Waals surface area contributed by atoms with Crippen molar-refractivity contribution in [3.8, 4) is 0 Å². The number of hydrogen-bond donors (Lipinski definition) is 0. The summed E-state index contributed by atoms with van der Waals surface area (Å²) in [5.74, 6) is -1.01. The van der Waals surface area contributed by atoms with Gasteiger partial charge in [-0.15, -0.1) is 0 Å². The maximum absolute atomic E-state index is 13.6. The van der Waals surface area contributed by atoms with E-state index in [2.05, 4.69) is 0 Å². The Bertz CT molecular complexity index is 1240. The van der Waals surface area contributed by atoms with Gasteiger partial charge in [0, 0.05) is 29.4 Å². The number of nitro groups is 1. The summed E-state index contributed by atoms with van der Waals surface area (Å²) in [4.78, 5) is 24.8. The number of rotatable bonds is 7. The van der Waals surface area contributed by atoms with E-state index in [9.17, 15) is 23.3 Å². The van der Waals surface area contributed by atoms with Crippen LogP contribution in [0.25, 0.3) is 0 Å². The Labute approximate surface area is 192 Å². The summed E-state index contributed by atoms with van der Waals surface area (Å²) >= 11 is 0. The van der Waals surface area contributed by atoms with E-state index < -0.39 is 32.9 Å². The predicted octanol–water partition coefficient (Wildman–Crippen LogP) is 4.28. The molecule has 0 aliphatic carbocycles. The van der Waals surface area contributed by atoms with Gasteiger partial charge >= 0.3 is 0 Å². The van der Waals surface area contributed by atoms with E-state index in [1.807, 2.05) is 6.92 Å². The molecule has 1 aliphatic rings. The fourth-order valence-corrected chi connectivity index (χ4v) is 6.12. The summed E-state index contributed by atoms with van der Waals surface area (Å²) in [6, 6.07) is 21.3. The van der Waals surface area contributed by atoms with Crippen LogP contribution < -0.4 is 0 Å². The van der Waals surface area contributed by atoms with Gasteiger partial charge in [-0.1, -0.05) is 78.4 Å². The fraction of sp³-hybridized carbons (Fsp3) is 0.240. The van der Waals surface area contributed by atoms with Crippen LogP contribution in [0.2, 0.25) is 0 Å². The number of carbonyl (C=O) groups is 1. The zero-order chi connectivity index (χ0) is 23.6. The molecular weight excluding hydrogens is 440 g/mol. The van der Waals surface area contributed by atoms with Gasteiger partial charge in [-0.05, 0) is 24.6 Å². The van der Waals surface area contributed by atoms with Crippen molar-refractivity contribution in [1.82, 2.24) is 4.31 Å². The zero-order valence-electron chi connectivity index (χ0n) is 18.1. The Morgan fingerprint density at radius 1 is 0.970 bits per heavy atom. The van der Waals surface area contributed by atoms with Gasteiger partial charge in [0.2, 0.25) is 16.1 Å². The maximum Gasteiger partial charge on any atom is 0.243 e. The molecule has 0 aromatic heterocycles. The first kappa shape index (κ1) is 22.8. The number of hydrogen-bond acceptors (Lipinski definition) is 5. The molecule has 0 N–H and O–H groups in total. The minimum Gasteiger partial charge on any atom is -0.294 e. The Kier molecular flexibility index (Phi) is 6.40. The lowest BCUT2D eigenvalue weighted by Crippen LogP contribution is -2.36. The van der Waals surface area contributed by atoms with Crippen molar-refractivity contribution < 1.29 is 18.1 Å². The fourth-order valence-electron chi connectivity index (χ4n) is 4.44. The molecule has 8 heteroatoms. The van der Waals surface area contributed by atoms with Gasteiger partial charge in [0.1, 0.15) is 6.04 Å². The minimum absolute atomic E-state index is 0.0752.